The molecule has 1 aliphatic heterocycles. The Morgan fingerprint density at radius 3 is 2.84 bits per heavy atom. The van der Waals surface area contributed by atoms with Gasteiger partial charge in [-0.25, -0.2) is 0 Å². The van der Waals surface area contributed by atoms with Crippen molar-refractivity contribution in [1.29, 1.82) is 0 Å². The van der Waals surface area contributed by atoms with Crippen molar-refractivity contribution in [2.75, 3.05) is 13.1 Å². The lowest BCUT2D eigenvalue weighted by Gasteiger charge is -2.41. The van der Waals surface area contributed by atoms with Gasteiger partial charge in [-0.3, -0.25) is 4.79 Å². The van der Waals surface area contributed by atoms with E-state index < -0.39 is 5.60 Å². The van der Waals surface area contributed by atoms with Gasteiger partial charge in [-0.05, 0) is 30.2 Å². The molecule has 1 N–H and O–H groups in total. The molecule has 0 radical (unpaired) electrons. The smallest absolute Gasteiger partial charge is 0.265 e. The molecule has 0 spiro atoms. The van der Waals surface area contributed by atoms with Gasteiger partial charge < -0.3 is 10.0 Å². The van der Waals surface area contributed by atoms with E-state index >= 15 is 0 Å². The monoisotopic (exact) mass is 299 g/mol. The maximum Gasteiger partial charge on any atom is 0.265 e. The predicted octanol–water partition coefficient (Wildman–Crippen LogP) is 3.02. The van der Waals surface area contributed by atoms with E-state index in [1.165, 1.54) is 17.8 Å². The van der Waals surface area contributed by atoms with Crippen LogP contribution in [0.15, 0.2) is 11.4 Å². The molecule has 5 heteroatoms. The summed E-state index contributed by atoms with van der Waals surface area (Å²) in [6.45, 7) is 3.12. The zero-order valence-corrected chi connectivity index (χ0v) is 12.5. The van der Waals surface area contributed by atoms with Gasteiger partial charge in [-0.1, -0.05) is 24.9 Å². The highest BCUT2D eigenvalue weighted by Crippen LogP contribution is 2.44. The summed E-state index contributed by atoms with van der Waals surface area (Å²) in [5, 5.41) is 13.2. The van der Waals surface area contributed by atoms with Crippen molar-refractivity contribution in [2.24, 2.45) is 11.8 Å². The first-order valence-electron chi connectivity index (χ1n) is 6.77. The molecule has 2 atom stereocenters. The van der Waals surface area contributed by atoms with Crippen LogP contribution in [0.25, 0.3) is 0 Å². The van der Waals surface area contributed by atoms with Crippen LogP contribution in [0.1, 0.15) is 35.9 Å². The molecule has 1 aliphatic carbocycles. The van der Waals surface area contributed by atoms with Gasteiger partial charge in [0.1, 0.15) is 4.88 Å². The van der Waals surface area contributed by atoms with Gasteiger partial charge in [0, 0.05) is 12.5 Å². The minimum atomic E-state index is -0.697. The maximum atomic E-state index is 12.4. The molecule has 0 aromatic carbocycles. The summed E-state index contributed by atoms with van der Waals surface area (Å²) in [7, 11) is 0. The zero-order valence-electron chi connectivity index (χ0n) is 10.9. The van der Waals surface area contributed by atoms with Crippen LogP contribution in [0.3, 0.4) is 0 Å². The Labute approximate surface area is 122 Å². The summed E-state index contributed by atoms with van der Waals surface area (Å²) in [4.78, 5) is 14.8. The van der Waals surface area contributed by atoms with Crippen LogP contribution in [0.5, 0.6) is 0 Å². The molecule has 1 aromatic heterocycles. The standard InChI is InChI=1S/C14H18ClNO2S/c1-9-7-16(8-14(9,18)10-3-2-4-10)13(17)12-11(15)5-6-19-12/h5-6,9-10,18H,2-4,7-8H2,1H3. The van der Waals surface area contributed by atoms with Crippen LogP contribution in [-0.2, 0) is 0 Å². The quantitative estimate of drug-likeness (QED) is 0.912. The minimum Gasteiger partial charge on any atom is -0.387 e. The Bertz CT molecular complexity index is 499. The van der Waals surface area contributed by atoms with Gasteiger partial charge >= 0.3 is 0 Å². The lowest BCUT2D eigenvalue weighted by atomic mass is 9.69. The number of nitrogens with zero attached hydrogens (tertiary/aromatic N) is 1. The third-order valence-electron chi connectivity index (χ3n) is 4.70. The molecule has 1 saturated carbocycles. The predicted molar refractivity (Wildman–Crippen MR) is 76.7 cm³/mol. The maximum absolute atomic E-state index is 12.4. The number of β-amino-alcohol motifs (C(OH)–C–C–N with tert-alkyl or cyclic N) is 1. The van der Waals surface area contributed by atoms with E-state index in [1.807, 2.05) is 12.3 Å². The highest BCUT2D eigenvalue weighted by atomic mass is 35.5. The summed E-state index contributed by atoms with van der Waals surface area (Å²) >= 11 is 7.39. The third kappa shape index (κ3) is 2.10. The second kappa shape index (κ2) is 4.76. The van der Waals surface area contributed by atoms with Crippen LogP contribution < -0.4 is 0 Å². The average Bonchev–Trinajstić information content (AvgIpc) is 2.81. The van der Waals surface area contributed by atoms with Gasteiger partial charge in [0.15, 0.2) is 0 Å². The summed E-state index contributed by atoms with van der Waals surface area (Å²) in [6, 6.07) is 1.75. The van der Waals surface area contributed by atoms with Crippen LogP contribution >= 0.6 is 22.9 Å². The molecule has 3 nitrogen and oxygen atoms in total. The van der Waals surface area contributed by atoms with Crippen molar-refractivity contribution < 1.29 is 9.90 Å². The van der Waals surface area contributed by atoms with Crippen LogP contribution in [-0.4, -0.2) is 34.6 Å². The van der Waals surface area contributed by atoms with Crippen molar-refractivity contribution in [3.05, 3.63) is 21.3 Å². The van der Waals surface area contributed by atoms with E-state index in [2.05, 4.69) is 0 Å². The van der Waals surface area contributed by atoms with Crippen LogP contribution in [0.4, 0.5) is 0 Å². The molecular formula is C14H18ClNO2S. The molecule has 2 aliphatic rings. The number of rotatable bonds is 2. The summed E-state index contributed by atoms with van der Waals surface area (Å²) in [5.41, 5.74) is -0.697. The second-order valence-corrected chi connectivity index (χ2v) is 7.13. The fourth-order valence-corrected chi connectivity index (χ4v) is 4.30. The number of hydrogen-bond donors (Lipinski definition) is 1. The number of halogens is 1. The Morgan fingerprint density at radius 2 is 2.32 bits per heavy atom. The molecule has 2 heterocycles. The van der Waals surface area contributed by atoms with E-state index in [4.69, 9.17) is 11.6 Å². The fraction of sp³-hybridized carbons (Fsp3) is 0.643. The third-order valence-corrected chi connectivity index (χ3v) is 6.03. The number of carbonyl (C=O) groups excluding carboxylic acids is 1. The number of amides is 1. The summed E-state index contributed by atoms with van der Waals surface area (Å²) < 4.78 is 0. The van der Waals surface area contributed by atoms with Gasteiger partial charge in [0.2, 0.25) is 0 Å². The van der Waals surface area contributed by atoms with Crippen molar-refractivity contribution in [1.82, 2.24) is 4.90 Å². The van der Waals surface area contributed by atoms with Crippen LogP contribution in [0.2, 0.25) is 5.02 Å². The number of likely N-dealkylation sites (tertiary alicyclic amines) is 1. The molecular weight excluding hydrogens is 282 g/mol. The molecule has 0 bridgehead atoms. The fourth-order valence-electron chi connectivity index (χ4n) is 3.20. The largest absolute Gasteiger partial charge is 0.387 e. The van der Waals surface area contributed by atoms with Crippen molar-refractivity contribution >= 4 is 28.8 Å². The molecule has 2 unspecified atom stereocenters. The highest BCUT2D eigenvalue weighted by molar-refractivity contribution is 7.12. The van der Waals surface area contributed by atoms with Crippen molar-refractivity contribution in [3.63, 3.8) is 0 Å². The normalized spacial score (nSPS) is 31.5. The Morgan fingerprint density at radius 1 is 1.58 bits per heavy atom. The van der Waals surface area contributed by atoms with Crippen molar-refractivity contribution in [3.8, 4) is 0 Å². The Kier molecular flexibility index (Phi) is 3.36. The average molecular weight is 300 g/mol. The van der Waals surface area contributed by atoms with E-state index in [9.17, 15) is 9.90 Å². The van der Waals surface area contributed by atoms with Crippen LogP contribution in [0, 0.1) is 11.8 Å². The summed E-state index contributed by atoms with van der Waals surface area (Å²) in [5.74, 6) is 0.460. The number of aliphatic hydroxyl groups is 1. The number of thiophene rings is 1. The van der Waals surface area contributed by atoms with E-state index in [0.29, 0.717) is 28.9 Å². The van der Waals surface area contributed by atoms with Gasteiger partial charge in [0.05, 0.1) is 17.2 Å². The molecule has 104 valence electrons. The lowest BCUT2D eigenvalue weighted by Crippen LogP contribution is -2.48. The lowest BCUT2D eigenvalue weighted by molar-refractivity contribution is -0.0660. The SMILES string of the molecule is CC1CN(C(=O)c2sccc2Cl)CC1(O)C1CCC1. The Hall–Kier alpha value is -0.580. The first-order valence-corrected chi connectivity index (χ1v) is 8.03. The zero-order chi connectivity index (χ0) is 13.6. The first kappa shape index (κ1) is 13.4. The molecule has 19 heavy (non-hydrogen) atoms. The topological polar surface area (TPSA) is 40.5 Å². The van der Waals surface area contributed by atoms with Crippen molar-refractivity contribution in [2.45, 2.75) is 31.8 Å². The molecule has 3 rings (SSSR count). The molecule has 2 fully saturated rings. The van der Waals surface area contributed by atoms with Gasteiger partial charge in [-0.15, -0.1) is 11.3 Å². The molecule has 1 aromatic rings. The van der Waals surface area contributed by atoms with E-state index in [0.717, 1.165) is 12.8 Å². The highest BCUT2D eigenvalue weighted by Gasteiger charge is 2.51. The number of carbonyl (C=O) groups is 1. The van der Waals surface area contributed by atoms with Gasteiger partial charge in [-0.2, -0.15) is 0 Å². The van der Waals surface area contributed by atoms with Gasteiger partial charge in [0.25, 0.3) is 5.91 Å². The van der Waals surface area contributed by atoms with E-state index in [-0.39, 0.29) is 11.8 Å². The molecule has 1 amide bonds. The summed E-state index contributed by atoms with van der Waals surface area (Å²) in [6.07, 6.45) is 3.37. The minimum absolute atomic E-state index is 0.0397. The Balaban J connectivity index is 1.78. The van der Waals surface area contributed by atoms with E-state index in [1.54, 1.807) is 11.0 Å². The first-order chi connectivity index (χ1) is 9.02. The molecule has 1 saturated heterocycles. The number of hydrogen-bond acceptors (Lipinski definition) is 3. The second-order valence-electron chi connectivity index (χ2n) is 5.80.